The van der Waals surface area contributed by atoms with Crippen LogP contribution in [0, 0.1) is 12.8 Å². The molecule has 1 fully saturated rings. The highest BCUT2D eigenvalue weighted by Crippen LogP contribution is 2.40. The molecule has 0 N–H and O–H groups in total. The van der Waals surface area contributed by atoms with Gasteiger partial charge in [0.15, 0.2) is 0 Å². The molecule has 8 nitrogen and oxygen atoms in total. The number of nitrogens with zero attached hydrogens (tertiary/aromatic N) is 6. The van der Waals surface area contributed by atoms with Crippen molar-refractivity contribution in [3.05, 3.63) is 66.4 Å². The van der Waals surface area contributed by atoms with Crippen LogP contribution in [0.25, 0.3) is 16.9 Å². The van der Waals surface area contributed by atoms with Crippen LogP contribution in [0.4, 0.5) is 22.0 Å². The summed E-state index contributed by atoms with van der Waals surface area (Å²) in [5.41, 5.74) is 2.49. The van der Waals surface area contributed by atoms with Crippen LogP contribution in [0.2, 0.25) is 0 Å². The number of allylic oxidation sites excluding steroid dienone is 2. The van der Waals surface area contributed by atoms with Crippen molar-refractivity contribution in [1.82, 2.24) is 29.4 Å². The normalized spacial score (nSPS) is 22.0. The lowest BCUT2D eigenvalue weighted by Crippen LogP contribution is -2.49. The molecule has 0 bridgehead atoms. The Kier molecular flexibility index (Phi) is 6.53. The first-order chi connectivity index (χ1) is 18.0. The van der Waals surface area contributed by atoms with Gasteiger partial charge in [0.2, 0.25) is 5.91 Å². The number of alkyl halides is 3. The number of aryl methyl sites for hydroxylation is 1. The number of carbonyl (C=O) groups is 1. The molecule has 1 saturated heterocycles. The van der Waals surface area contributed by atoms with Crippen LogP contribution < -0.4 is 4.74 Å². The fourth-order valence-corrected chi connectivity index (χ4v) is 4.93. The molecule has 3 unspecified atom stereocenters. The van der Waals surface area contributed by atoms with E-state index in [0.717, 1.165) is 17.5 Å². The van der Waals surface area contributed by atoms with E-state index in [2.05, 4.69) is 15.3 Å². The Morgan fingerprint density at radius 1 is 1.16 bits per heavy atom. The molecule has 3 aromatic rings. The molecule has 2 aliphatic rings. The summed E-state index contributed by atoms with van der Waals surface area (Å²) in [4.78, 5) is 18.1. The van der Waals surface area contributed by atoms with Crippen LogP contribution in [-0.4, -0.2) is 61.2 Å². The lowest BCUT2D eigenvalue weighted by Gasteiger charge is -2.35. The average molecular weight is 534 g/mol. The Morgan fingerprint density at radius 2 is 1.95 bits per heavy atom. The van der Waals surface area contributed by atoms with E-state index >= 15 is 0 Å². The molecule has 5 rings (SSSR count). The van der Waals surface area contributed by atoms with Crippen molar-refractivity contribution in [3.8, 4) is 22.7 Å². The van der Waals surface area contributed by atoms with E-state index in [1.807, 2.05) is 13.1 Å². The van der Waals surface area contributed by atoms with Gasteiger partial charge in [0.25, 0.3) is 0 Å². The monoisotopic (exact) mass is 534 g/mol. The number of amides is 1. The maximum absolute atomic E-state index is 14.6. The molecule has 1 aromatic carbocycles. The van der Waals surface area contributed by atoms with Crippen LogP contribution in [0.3, 0.4) is 0 Å². The number of hydrogen-bond acceptors (Lipinski definition) is 5. The number of likely N-dealkylation sites (tertiary alicyclic amines) is 1. The number of fused-ring (bicyclic) bond motifs is 1. The van der Waals surface area contributed by atoms with Gasteiger partial charge < -0.3 is 14.2 Å². The average Bonchev–Trinajstić information content (AvgIpc) is 3.49. The van der Waals surface area contributed by atoms with E-state index in [1.165, 1.54) is 18.0 Å². The van der Waals surface area contributed by atoms with Crippen LogP contribution in [0.1, 0.15) is 24.6 Å². The maximum Gasteiger partial charge on any atom is 0.406 e. The number of carbonyl (C=O) groups excluding carboxylic acids is 1. The Balaban J connectivity index is 1.47. The molecule has 0 saturated carbocycles. The van der Waals surface area contributed by atoms with E-state index in [9.17, 15) is 26.7 Å². The van der Waals surface area contributed by atoms with Gasteiger partial charge >= 0.3 is 6.18 Å². The first kappa shape index (κ1) is 25.6. The largest absolute Gasteiger partial charge is 0.495 e. The Bertz CT molecular complexity index is 1430. The zero-order valence-electron chi connectivity index (χ0n) is 20.4. The van der Waals surface area contributed by atoms with Crippen molar-refractivity contribution < 1.29 is 31.5 Å². The van der Waals surface area contributed by atoms with Gasteiger partial charge in [0.05, 0.1) is 37.1 Å². The lowest BCUT2D eigenvalue weighted by molar-refractivity contribution is -0.166. The summed E-state index contributed by atoms with van der Waals surface area (Å²) >= 11 is 0. The van der Waals surface area contributed by atoms with Crippen molar-refractivity contribution in [3.63, 3.8) is 0 Å². The highest BCUT2D eigenvalue weighted by atomic mass is 19.4. The predicted molar refractivity (Wildman–Crippen MR) is 126 cm³/mol. The topological polar surface area (TPSA) is 78.1 Å². The van der Waals surface area contributed by atoms with E-state index < -0.39 is 48.3 Å². The molecule has 38 heavy (non-hydrogen) atoms. The van der Waals surface area contributed by atoms with Gasteiger partial charge in [-0.25, -0.2) is 18.4 Å². The fraction of sp³-hybridized carbons (Fsp3) is 0.360. The second-order valence-corrected chi connectivity index (χ2v) is 9.25. The maximum atomic E-state index is 14.6. The predicted octanol–water partition coefficient (Wildman–Crippen LogP) is 4.88. The third-order valence-corrected chi connectivity index (χ3v) is 6.70. The minimum Gasteiger partial charge on any atom is -0.495 e. The number of imidazole rings is 1. The molecule has 0 spiro atoms. The van der Waals surface area contributed by atoms with Crippen molar-refractivity contribution in [2.75, 3.05) is 13.7 Å². The Labute approximate surface area is 214 Å². The third kappa shape index (κ3) is 4.92. The molecule has 3 atom stereocenters. The number of methoxy groups -OCH3 is 1. The smallest absolute Gasteiger partial charge is 0.406 e. The fourth-order valence-electron chi connectivity index (χ4n) is 4.93. The minimum atomic E-state index is -4.77. The molecular weight excluding hydrogens is 511 g/mol. The van der Waals surface area contributed by atoms with Crippen molar-refractivity contribution >= 4 is 5.91 Å². The Hall–Kier alpha value is -4.03. The molecule has 3 heterocycles. The van der Waals surface area contributed by atoms with Crippen LogP contribution in [0.5, 0.6) is 5.75 Å². The highest BCUT2D eigenvalue weighted by molar-refractivity contribution is 5.81. The SMILES string of the molecule is COc1cc(-c2cn(C3CCC4C(F)=CC(F)=CC4N(CC(F)(F)F)C3=O)nn2)ccc1-n1cnc(C)c1. The van der Waals surface area contributed by atoms with E-state index in [0.29, 0.717) is 28.0 Å². The molecule has 13 heteroatoms. The summed E-state index contributed by atoms with van der Waals surface area (Å²) in [5.74, 6) is -3.43. The number of ether oxygens (including phenoxy) is 1. The summed E-state index contributed by atoms with van der Waals surface area (Å²) < 4.78 is 77.3. The minimum absolute atomic E-state index is 0.00385. The molecule has 0 radical (unpaired) electrons. The zero-order chi connectivity index (χ0) is 27.2. The van der Waals surface area contributed by atoms with Crippen LogP contribution in [-0.2, 0) is 4.79 Å². The Morgan fingerprint density at radius 3 is 2.63 bits per heavy atom. The van der Waals surface area contributed by atoms with Crippen LogP contribution in [0.15, 0.2) is 60.7 Å². The first-order valence-corrected chi connectivity index (χ1v) is 11.8. The summed E-state index contributed by atoms with van der Waals surface area (Å²) in [5, 5.41) is 8.13. The quantitative estimate of drug-likeness (QED) is 0.436. The zero-order valence-corrected chi connectivity index (χ0v) is 20.4. The van der Waals surface area contributed by atoms with E-state index in [-0.39, 0.29) is 12.8 Å². The number of halogens is 5. The van der Waals surface area contributed by atoms with Crippen molar-refractivity contribution in [1.29, 1.82) is 0 Å². The number of aromatic nitrogens is 5. The summed E-state index contributed by atoms with van der Waals surface area (Å²) in [6, 6.07) is 2.69. The van der Waals surface area contributed by atoms with E-state index in [1.54, 1.807) is 29.1 Å². The number of hydrogen-bond donors (Lipinski definition) is 0. The van der Waals surface area contributed by atoms with Gasteiger partial charge in [-0.15, -0.1) is 5.10 Å². The summed E-state index contributed by atoms with van der Waals surface area (Å²) in [6.07, 6.45) is 1.67. The van der Waals surface area contributed by atoms with Crippen molar-refractivity contribution in [2.24, 2.45) is 5.92 Å². The van der Waals surface area contributed by atoms with E-state index in [4.69, 9.17) is 4.74 Å². The van der Waals surface area contributed by atoms with Gasteiger partial charge in [-0.1, -0.05) is 11.3 Å². The third-order valence-electron chi connectivity index (χ3n) is 6.70. The molecule has 1 aliphatic carbocycles. The molecule has 1 amide bonds. The molecule has 200 valence electrons. The number of rotatable bonds is 5. The number of benzene rings is 1. The first-order valence-electron chi connectivity index (χ1n) is 11.8. The van der Waals surface area contributed by atoms with Gasteiger partial charge in [-0.2, -0.15) is 13.2 Å². The summed E-state index contributed by atoms with van der Waals surface area (Å²) in [6.45, 7) is 0.209. The van der Waals surface area contributed by atoms with Gasteiger partial charge in [-0.3, -0.25) is 4.79 Å². The lowest BCUT2D eigenvalue weighted by atomic mass is 9.89. The van der Waals surface area contributed by atoms with Gasteiger partial charge in [0, 0.05) is 23.8 Å². The van der Waals surface area contributed by atoms with Gasteiger partial charge in [0.1, 0.15) is 35.7 Å². The molecular formula is C25H23F5N6O2. The molecule has 1 aliphatic heterocycles. The van der Waals surface area contributed by atoms with Gasteiger partial charge in [-0.05, 0) is 38.0 Å². The molecule has 2 aromatic heterocycles. The standard InChI is InChI=1S/C25H23F5N6O2/c1-14-10-34(13-31-14)20-5-3-15(7-23(20)38-2)19-11-36(33-32-19)21-6-4-17-18(27)8-16(26)9-22(17)35(24(21)37)12-25(28,29)30/h3,5,7-11,13,17,21-22H,4,6,12H2,1-2H3. The van der Waals surface area contributed by atoms with Crippen LogP contribution >= 0.6 is 0 Å². The second-order valence-electron chi connectivity index (χ2n) is 9.25. The second kappa shape index (κ2) is 9.69. The van der Waals surface area contributed by atoms with Crippen molar-refractivity contribution in [2.45, 2.75) is 38.0 Å². The summed E-state index contributed by atoms with van der Waals surface area (Å²) in [7, 11) is 1.51. The highest BCUT2D eigenvalue weighted by Gasteiger charge is 2.46.